The predicted octanol–water partition coefficient (Wildman–Crippen LogP) is 3.83. The highest BCUT2D eigenvalue weighted by molar-refractivity contribution is 5.98. The second-order valence-corrected chi connectivity index (χ2v) is 8.26. The van der Waals surface area contributed by atoms with Gasteiger partial charge in [-0.15, -0.1) is 0 Å². The standard InChI is InChI=1S/C24H21F3N4O3/c25-18-7-6-16(31-12-10-28-23(31)33)13-17(18)22(32)30-11-9-24(26,27)20(14-30)34-21-8-5-15-3-1-2-4-19(15)29-21/h1-8,13,20H,9-12,14H2,(H,28,33)/t20-/m0/s1. The number of piperidine rings is 1. The fourth-order valence-corrected chi connectivity index (χ4v) is 4.17. The summed E-state index contributed by atoms with van der Waals surface area (Å²) in [6.45, 7) is 0.115. The largest absolute Gasteiger partial charge is 0.466 e. The van der Waals surface area contributed by atoms with Gasteiger partial charge in [-0.3, -0.25) is 9.69 Å². The molecular weight excluding hydrogens is 449 g/mol. The number of nitrogens with one attached hydrogen (secondary N) is 1. The predicted molar refractivity (Wildman–Crippen MR) is 119 cm³/mol. The summed E-state index contributed by atoms with van der Waals surface area (Å²) in [6.07, 6.45) is -2.28. The van der Waals surface area contributed by atoms with Crippen molar-refractivity contribution < 1.29 is 27.5 Å². The Morgan fingerprint density at radius 1 is 1.12 bits per heavy atom. The Morgan fingerprint density at radius 3 is 2.74 bits per heavy atom. The van der Waals surface area contributed by atoms with E-state index in [1.807, 2.05) is 12.1 Å². The molecule has 0 radical (unpaired) electrons. The first-order valence-corrected chi connectivity index (χ1v) is 10.9. The van der Waals surface area contributed by atoms with Gasteiger partial charge in [-0.25, -0.2) is 22.9 Å². The van der Waals surface area contributed by atoms with Crippen molar-refractivity contribution >= 4 is 28.5 Å². The normalized spacial score (nSPS) is 19.9. The Morgan fingerprint density at radius 2 is 1.94 bits per heavy atom. The molecule has 176 valence electrons. The van der Waals surface area contributed by atoms with Gasteiger partial charge in [0, 0.05) is 43.2 Å². The number of hydrogen-bond acceptors (Lipinski definition) is 4. The molecular formula is C24H21F3N4O3. The third-order valence-corrected chi connectivity index (χ3v) is 6.04. The molecule has 2 aliphatic rings. The van der Waals surface area contributed by atoms with E-state index in [2.05, 4.69) is 10.3 Å². The first-order chi connectivity index (χ1) is 16.3. The highest BCUT2D eigenvalue weighted by Crippen LogP contribution is 2.33. The summed E-state index contributed by atoms with van der Waals surface area (Å²) >= 11 is 0. The smallest absolute Gasteiger partial charge is 0.321 e. The molecule has 3 heterocycles. The number of likely N-dealkylation sites (tertiary alicyclic amines) is 1. The fraction of sp³-hybridized carbons (Fsp3) is 0.292. The van der Waals surface area contributed by atoms with E-state index in [9.17, 15) is 22.8 Å². The lowest BCUT2D eigenvalue weighted by Crippen LogP contribution is -2.55. The van der Waals surface area contributed by atoms with Gasteiger partial charge >= 0.3 is 6.03 Å². The molecule has 1 N–H and O–H groups in total. The zero-order chi connectivity index (χ0) is 23.9. The number of anilines is 1. The summed E-state index contributed by atoms with van der Waals surface area (Å²) in [5.41, 5.74) is 0.664. The molecule has 5 rings (SSSR count). The van der Waals surface area contributed by atoms with E-state index in [4.69, 9.17) is 4.74 Å². The maximum atomic E-state index is 14.7. The van der Waals surface area contributed by atoms with Gasteiger partial charge in [0.2, 0.25) is 5.88 Å². The van der Waals surface area contributed by atoms with Crippen LogP contribution in [0.1, 0.15) is 16.8 Å². The zero-order valence-corrected chi connectivity index (χ0v) is 18.0. The quantitative estimate of drug-likeness (QED) is 0.629. The molecule has 2 saturated heterocycles. The number of fused-ring (bicyclic) bond motifs is 1. The SMILES string of the molecule is O=C(c1cc(N2CCNC2=O)ccc1F)N1CCC(F)(F)[C@@H](Oc2ccc3ccccc3n2)C1. The summed E-state index contributed by atoms with van der Waals surface area (Å²) in [6, 6.07) is 13.9. The number of amides is 3. The number of halogens is 3. The van der Waals surface area contributed by atoms with Crippen molar-refractivity contribution in [1.82, 2.24) is 15.2 Å². The number of carbonyl (C=O) groups excluding carboxylic acids is 2. The number of nitrogens with zero attached hydrogens (tertiary/aromatic N) is 3. The maximum absolute atomic E-state index is 14.7. The van der Waals surface area contributed by atoms with Gasteiger partial charge in [0.05, 0.1) is 17.6 Å². The van der Waals surface area contributed by atoms with Gasteiger partial charge in [-0.1, -0.05) is 18.2 Å². The number of para-hydroxylation sites is 1. The summed E-state index contributed by atoms with van der Waals surface area (Å²) in [4.78, 5) is 31.8. The van der Waals surface area contributed by atoms with Crippen LogP contribution in [0.4, 0.5) is 23.7 Å². The molecule has 0 aliphatic carbocycles. The van der Waals surface area contributed by atoms with Crippen LogP contribution in [0.3, 0.4) is 0 Å². The minimum Gasteiger partial charge on any atom is -0.466 e. The van der Waals surface area contributed by atoms with Crippen LogP contribution in [-0.2, 0) is 0 Å². The second kappa shape index (κ2) is 8.51. The van der Waals surface area contributed by atoms with Crippen molar-refractivity contribution in [1.29, 1.82) is 0 Å². The summed E-state index contributed by atoms with van der Waals surface area (Å²) < 4.78 is 49.4. The van der Waals surface area contributed by atoms with E-state index in [0.29, 0.717) is 24.3 Å². The highest BCUT2D eigenvalue weighted by atomic mass is 19.3. The van der Waals surface area contributed by atoms with Crippen molar-refractivity contribution in [3.63, 3.8) is 0 Å². The number of carbonyl (C=O) groups is 2. The second-order valence-electron chi connectivity index (χ2n) is 8.26. The van der Waals surface area contributed by atoms with Crippen LogP contribution >= 0.6 is 0 Å². The van der Waals surface area contributed by atoms with E-state index in [1.54, 1.807) is 18.2 Å². The van der Waals surface area contributed by atoms with Crippen molar-refractivity contribution in [2.24, 2.45) is 0 Å². The van der Waals surface area contributed by atoms with E-state index in [0.717, 1.165) is 16.4 Å². The van der Waals surface area contributed by atoms with Gasteiger partial charge in [-0.2, -0.15) is 0 Å². The Balaban J connectivity index is 1.37. The van der Waals surface area contributed by atoms with E-state index >= 15 is 0 Å². The first kappa shape index (κ1) is 22.0. The van der Waals surface area contributed by atoms with Crippen LogP contribution in [-0.4, -0.2) is 60.0 Å². The number of urea groups is 1. The number of rotatable bonds is 4. The van der Waals surface area contributed by atoms with Crippen molar-refractivity contribution in [3.05, 3.63) is 66.0 Å². The molecule has 0 spiro atoms. The maximum Gasteiger partial charge on any atom is 0.321 e. The summed E-state index contributed by atoms with van der Waals surface area (Å²) in [5, 5.41) is 3.47. The van der Waals surface area contributed by atoms with Gasteiger partial charge in [0.15, 0.2) is 6.10 Å². The Kier molecular flexibility index (Phi) is 5.51. The van der Waals surface area contributed by atoms with Gasteiger partial charge in [0.1, 0.15) is 5.82 Å². The number of benzene rings is 2. The molecule has 7 nitrogen and oxygen atoms in total. The van der Waals surface area contributed by atoms with Crippen molar-refractivity contribution in [2.75, 3.05) is 31.1 Å². The molecule has 0 saturated carbocycles. The third-order valence-electron chi connectivity index (χ3n) is 6.04. The molecule has 3 aromatic rings. The lowest BCUT2D eigenvalue weighted by Gasteiger charge is -2.38. The third kappa shape index (κ3) is 4.11. The lowest BCUT2D eigenvalue weighted by atomic mass is 10.0. The summed E-state index contributed by atoms with van der Waals surface area (Å²) in [5.74, 6) is -4.71. The summed E-state index contributed by atoms with van der Waals surface area (Å²) in [7, 11) is 0. The molecule has 0 unspecified atom stereocenters. The molecule has 2 aliphatic heterocycles. The van der Waals surface area contributed by atoms with Crippen molar-refractivity contribution in [3.8, 4) is 5.88 Å². The first-order valence-electron chi connectivity index (χ1n) is 10.9. The molecule has 10 heteroatoms. The number of ether oxygens (including phenoxy) is 1. The monoisotopic (exact) mass is 470 g/mol. The minimum atomic E-state index is -3.20. The van der Waals surface area contributed by atoms with Crippen LogP contribution in [0.2, 0.25) is 0 Å². The van der Waals surface area contributed by atoms with Crippen molar-refractivity contribution in [2.45, 2.75) is 18.4 Å². The van der Waals surface area contributed by atoms with Crippen LogP contribution in [0.5, 0.6) is 5.88 Å². The molecule has 2 fully saturated rings. The average molecular weight is 470 g/mol. The van der Waals surface area contributed by atoms with Gasteiger partial charge < -0.3 is 15.0 Å². The van der Waals surface area contributed by atoms with E-state index in [1.165, 1.54) is 23.1 Å². The number of aromatic nitrogens is 1. The minimum absolute atomic E-state index is 0.0193. The number of hydrogen-bond donors (Lipinski definition) is 1. The lowest BCUT2D eigenvalue weighted by molar-refractivity contribution is -0.131. The molecule has 3 amide bonds. The molecule has 34 heavy (non-hydrogen) atoms. The van der Waals surface area contributed by atoms with Crippen LogP contribution in [0.15, 0.2) is 54.6 Å². The Bertz CT molecular complexity index is 1270. The van der Waals surface area contributed by atoms with E-state index < -0.39 is 36.7 Å². The fourth-order valence-electron chi connectivity index (χ4n) is 4.17. The Hall–Kier alpha value is -3.82. The van der Waals surface area contributed by atoms with Crippen LogP contribution in [0, 0.1) is 5.82 Å². The Labute approximate surface area is 193 Å². The van der Waals surface area contributed by atoms with E-state index in [-0.39, 0.29) is 24.0 Å². The molecule has 1 atom stereocenters. The zero-order valence-electron chi connectivity index (χ0n) is 18.0. The van der Waals surface area contributed by atoms with Gasteiger partial charge in [-0.05, 0) is 30.3 Å². The highest BCUT2D eigenvalue weighted by Gasteiger charge is 2.47. The molecule has 0 bridgehead atoms. The molecule has 1 aromatic heterocycles. The average Bonchev–Trinajstić information content (AvgIpc) is 3.26. The number of pyridine rings is 1. The van der Waals surface area contributed by atoms with Crippen LogP contribution in [0.25, 0.3) is 10.9 Å². The topological polar surface area (TPSA) is 74.8 Å². The number of alkyl halides is 2. The van der Waals surface area contributed by atoms with Crippen LogP contribution < -0.4 is 15.0 Å². The van der Waals surface area contributed by atoms with Gasteiger partial charge in [0.25, 0.3) is 11.8 Å². The molecule has 2 aromatic carbocycles.